The number of rotatable bonds is 3. The second-order valence-electron chi connectivity index (χ2n) is 3.17. The standard InChI is InChI=1S/C11H15NO/c1-3-10(13)11(12)9-6-4-5-8(2)7-9/h3-7,10-11,13H,1,12H2,2H3. The number of hydrogen-bond donors (Lipinski definition) is 2. The SMILES string of the molecule is C=CC(O)C(N)c1cccc(C)c1. The van der Waals surface area contributed by atoms with Crippen LogP contribution < -0.4 is 5.73 Å². The average molecular weight is 177 g/mol. The zero-order valence-corrected chi connectivity index (χ0v) is 7.77. The van der Waals surface area contributed by atoms with Gasteiger partial charge in [-0.25, -0.2) is 0 Å². The molecule has 3 N–H and O–H groups in total. The van der Waals surface area contributed by atoms with Crippen molar-refractivity contribution in [2.24, 2.45) is 5.73 Å². The predicted molar refractivity (Wildman–Crippen MR) is 54.3 cm³/mol. The van der Waals surface area contributed by atoms with Crippen LogP contribution >= 0.6 is 0 Å². The first kappa shape index (κ1) is 9.96. The Bertz CT molecular complexity index is 296. The van der Waals surface area contributed by atoms with E-state index in [1.807, 2.05) is 31.2 Å². The van der Waals surface area contributed by atoms with Crippen LogP contribution in [0, 0.1) is 6.92 Å². The zero-order chi connectivity index (χ0) is 9.84. The van der Waals surface area contributed by atoms with Crippen LogP contribution in [0.15, 0.2) is 36.9 Å². The second kappa shape index (κ2) is 4.21. The molecule has 0 aromatic heterocycles. The van der Waals surface area contributed by atoms with E-state index < -0.39 is 6.10 Å². The van der Waals surface area contributed by atoms with E-state index in [2.05, 4.69) is 6.58 Å². The molecule has 70 valence electrons. The Hall–Kier alpha value is -1.12. The lowest BCUT2D eigenvalue weighted by molar-refractivity contribution is 0.192. The first-order valence-corrected chi connectivity index (χ1v) is 4.28. The number of benzene rings is 1. The Morgan fingerprint density at radius 1 is 1.54 bits per heavy atom. The molecule has 13 heavy (non-hydrogen) atoms. The molecule has 2 unspecified atom stereocenters. The maximum absolute atomic E-state index is 9.43. The minimum Gasteiger partial charge on any atom is -0.387 e. The Kier molecular flexibility index (Phi) is 3.23. The summed E-state index contributed by atoms with van der Waals surface area (Å²) in [5.41, 5.74) is 7.88. The van der Waals surface area contributed by atoms with Gasteiger partial charge in [0.25, 0.3) is 0 Å². The minimum absolute atomic E-state index is 0.377. The summed E-state index contributed by atoms with van der Waals surface area (Å²) in [6, 6.07) is 7.43. The monoisotopic (exact) mass is 177 g/mol. The average Bonchev–Trinajstić information content (AvgIpc) is 2.15. The summed E-state index contributed by atoms with van der Waals surface area (Å²) >= 11 is 0. The Labute approximate surface area is 78.7 Å². The van der Waals surface area contributed by atoms with Crippen molar-refractivity contribution < 1.29 is 5.11 Å². The fourth-order valence-electron chi connectivity index (χ4n) is 1.22. The summed E-state index contributed by atoms with van der Waals surface area (Å²) in [5, 5.41) is 9.43. The molecule has 2 atom stereocenters. The molecule has 2 heteroatoms. The molecule has 1 rings (SSSR count). The van der Waals surface area contributed by atoms with Crippen LogP contribution in [-0.4, -0.2) is 11.2 Å². The zero-order valence-electron chi connectivity index (χ0n) is 7.77. The largest absolute Gasteiger partial charge is 0.387 e. The van der Waals surface area contributed by atoms with Crippen molar-refractivity contribution in [1.82, 2.24) is 0 Å². The summed E-state index contributed by atoms with van der Waals surface area (Å²) in [7, 11) is 0. The van der Waals surface area contributed by atoms with Gasteiger partial charge in [0.05, 0.1) is 12.1 Å². The van der Waals surface area contributed by atoms with Crippen LogP contribution in [-0.2, 0) is 0 Å². The lowest BCUT2D eigenvalue weighted by Crippen LogP contribution is -2.23. The number of nitrogens with two attached hydrogens (primary N) is 1. The summed E-state index contributed by atoms with van der Waals surface area (Å²) < 4.78 is 0. The molecule has 0 spiro atoms. The highest BCUT2D eigenvalue weighted by molar-refractivity contribution is 5.26. The Morgan fingerprint density at radius 3 is 2.77 bits per heavy atom. The first-order valence-electron chi connectivity index (χ1n) is 4.28. The third kappa shape index (κ3) is 2.41. The molecule has 0 aliphatic rings. The minimum atomic E-state index is -0.679. The highest BCUT2D eigenvalue weighted by Crippen LogP contribution is 2.15. The van der Waals surface area contributed by atoms with E-state index in [1.54, 1.807) is 0 Å². The molecule has 1 aromatic carbocycles. The van der Waals surface area contributed by atoms with Crippen molar-refractivity contribution in [3.8, 4) is 0 Å². The molecular formula is C11H15NO. The van der Waals surface area contributed by atoms with E-state index >= 15 is 0 Å². The maximum Gasteiger partial charge on any atom is 0.0910 e. The van der Waals surface area contributed by atoms with Crippen LogP contribution in [0.25, 0.3) is 0 Å². The van der Waals surface area contributed by atoms with Gasteiger partial charge in [-0.2, -0.15) is 0 Å². The molecular weight excluding hydrogens is 162 g/mol. The molecule has 0 bridgehead atoms. The molecule has 0 saturated carbocycles. The van der Waals surface area contributed by atoms with Gasteiger partial charge in [0.15, 0.2) is 0 Å². The van der Waals surface area contributed by atoms with Crippen LogP contribution in [0.2, 0.25) is 0 Å². The molecule has 0 amide bonds. The maximum atomic E-state index is 9.43. The van der Waals surface area contributed by atoms with Crippen molar-refractivity contribution in [3.63, 3.8) is 0 Å². The van der Waals surface area contributed by atoms with E-state index in [0.717, 1.165) is 11.1 Å². The molecule has 0 fully saturated rings. The van der Waals surface area contributed by atoms with Gasteiger partial charge < -0.3 is 10.8 Å². The molecule has 0 heterocycles. The van der Waals surface area contributed by atoms with Crippen LogP contribution in [0.4, 0.5) is 0 Å². The number of aliphatic hydroxyl groups is 1. The lowest BCUT2D eigenvalue weighted by atomic mass is 10.0. The van der Waals surface area contributed by atoms with E-state index in [0.29, 0.717) is 0 Å². The van der Waals surface area contributed by atoms with Crippen molar-refractivity contribution in [3.05, 3.63) is 48.0 Å². The summed E-state index contributed by atoms with van der Waals surface area (Å²) in [5.74, 6) is 0. The quantitative estimate of drug-likeness (QED) is 0.688. The van der Waals surface area contributed by atoms with Crippen molar-refractivity contribution in [2.75, 3.05) is 0 Å². The Balaban J connectivity index is 2.88. The van der Waals surface area contributed by atoms with E-state index in [4.69, 9.17) is 5.73 Å². The van der Waals surface area contributed by atoms with Gasteiger partial charge in [0.2, 0.25) is 0 Å². The van der Waals surface area contributed by atoms with Gasteiger partial charge in [-0.15, -0.1) is 6.58 Å². The van der Waals surface area contributed by atoms with Crippen LogP contribution in [0.1, 0.15) is 17.2 Å². The summed E-state index contributed by atoms with van der Waals surface area (Å²) in [4.78, 5) is 0. The summed E-state index contributed by atoms with van der Waals surface area (Å²) in [6.45, 7) is 5.50. The third-order valence-electron chi connectivity index (χ3n) is 2.04. The van der Waals surface area contributed by atoms with E-state index in [-0.39, 0.29) is 6.04 Å². The van der Waals surface area contributed by atoms with Crippen molar-refractivity contribution in [1.29, 1.82) is 0 Å². The molecule has 0 aliphatic carbocycles. The van der Waals surface area contributed by atoms with Crippen LogP contribution in [0.3, 0.4) is 0 Å². The van der Waals surface area contributed by atoms with Crippen molar-refractivity contribution >= 4 is 0 Å². The van der Waals surface area contributed by atoms with Crippen LogP contribution in [0.5, 0.6) is 0 Å². The second-order valence-corrected chi connectivity index (χ2v) is 3.17. The molecule has 0 aliphatic heterocycles. The smallest absolute Gasteiger partial charge is 0.0910 e. The van der Waals surface area contributed by atoms with Gasteiger partial charge in [-0.05, 0) is 12.5 Å². The van der Waals surface area contributed by atoms with Crippen molar-refractivity contribution in [2.45, 2.75) is 19.1 Å². The van der Waals surface area contributed by atoms with E-state index in [9.17, 15) is 5.11 Å². The lowest BCUT2D eigenvalue weighted by Gasteiger charge is -2.15. The third-order valence-corrected chi connectivity index (χ3v) is 2.04. The fourth-order valence-corrected chi connectivity index (χ4v) is 1.22. The highest BCUT2D eigenvalue weighted by atomic mass is 16.3. The molecule has 0 saturated heterocycles. The number of aryl methyl sites for hydroxylation is 1. The fraction of sp³-hybridized carbons (Fsp3) is 0.273. The van der Waals surface area contributed by atoms with Gasteiger partial charge in [0.1, 0.15) is 0 Å². The van der Waals surface area contributed by atoms with E-state index in [1.165, 1.54) is 6.08 Å². The van der Waals surface area contributed by atoms with Gasteiger partial charge in [-0.1, -0.05) is 35.9 Å². The topological polar surface area (TPSA) is 46.2 Å². The highest BCUT2D eigenvalue weighted by Gasteiger charge is 2.12. The molecule has 0 radical (unpaired) electrons. The predicted octanol–water partition coefficient (Wildman–Crippen LogP) is 1.54. The van der Waals surface area contributed by atoms with Gasteiger partial charge in [0, 0.05) is 0 Å². The summed E-state index contributed by atoms with van der Waals surface area (Å²) in [6.07, 6.45) is 0.772. The number of hydrogen-bond acceptors (Lipinski definition) is 2. The first-order chi connectivity index (χ1) is 6.15. The molecule has 2 nitrogen and oxygen atoms in total. The Morgan fingerprint density at radius 2 is 2.23 bits per heavy atom. The number of aliphatic hydroxyl groups excluding tert-OH is 1. The van der Waals surface area contributed by atoms with Gasteiger partial charge in [-0.3, -0.25) is 0 Å². The van der Waals surface area contributed by atoms with Gasteiger partial charge >= 0.3 is 0 Å². The molecule has 1 aromatic rings. The normalized spacial score (nSPS) is 15.0.